The van der Waals surface area contributed by atoms with E-state index in [1.54, 1.807) is 19.1 Å². The van der Waals surface area contributed by atoms with Gasteiger partial charge in [-0.2, -0.15) is 0 Å². The molecule has 12 heteroatoms. The number of carboxylic acids is 1. The molecule has 5 unspecified atom stereocenters. The number of phenols is 1. The molecule has 0 radical (unpaired) electrons. The number of aromatic hydroxyl groups is 1. The fraction of sp³-hybridized carbons (Fsp3) is 0.458. The number of nitrogens with zero attached hydrogens (tertiary/aromatic N) is 1. The third-order valence-electron chi connectivity index (χ3n) is 5.87. The number of aliphatic carboxylic acids is 1. The van der Waals surface area contributed by atoms with E-state index in [2.05, 4.69) is 25.9 Å². The second-order valence-electron chi connectivity index (χ2n) is 8.76. The zero-order valence-corrected chi connectivity index (χ0v) is 20.5. The normalized spacial score (nSPS) is 15.1. The molecule has 0 aliphatic heterocycles. The number of aromatic amines is 1. The molecule has 0 bridgehead atoms. The summed E-state index contributed by atoms with van der Waals surface area (Å²) < 4.78 is 0. The van der Waals surface area contributed by atoms with Crippen LogP contribution in [0.2, 0.25) is 0 Å². The topological polar surface area (TPSA) is 200 Å². The van der Waals surface area contributed by atoms with Crippen molar-refractivity contribution in [3.63, 3.8) is 0 Å². The number of hydrogen-bond acceptors (Lipinski definition) is 7. The molecule has 1 aromatic heterocycles. The summed E-state index contributed by atoms with van der Waals surface area (Å²) >= 11 is 0. The molecule has 2 aromatic rings. The van der Waals surface area contributed by atoms with E-state index in [0.29, 0.717) is 12.1 Å². The Bertz CT molecular complexity index is 1030. The summed E-state index contributed by atoms with van der Waals surface area (Å²) in [5.74, 6) is -3.21. The highest BCUT2D eigenvalue weighted by Gasteiger charge is 2.31. The van der Waals surface area contributed by atoms with Gasteiger partial charge in [-0.25, -0.2) is 9.78 Å². The molecule has 8 N–H and O–H groups in total. The van der Waals surface area contributed by atoms with Crippen molar-refractivity contribution in [1.82, 2.24) is 25.9 Å². The van der Waals surface area contributed by atoms with Gasteiger partial charge < -0.3 is 36.9 Å². The summed E-state index contributed by atoms with van der Waals surface area (Å²) in [6, 6.07) is 2.11. The molecular weight excluding hydrogens is 468 g/mol. The number of rotatable bonds is 13. The number of carboxylic acid groups (broad SMARTS) is 1. The van der Waals surface area contributed by atoms with Crippen LogP contribution in [0.4, 0.5) is 0 Å². The Morgan fingerprint density at radius 3 is 2.22 bits per heavy atom. The lowest BCUT2D eigenvalue weighted by Crippen LogP contribution is -2.58. The van der Waals surface area contributed by atoms with Gasteiger partial charge in [-0.15, -0.1) is 0 Å². The molecule has 5 atom stereocenters. The zero-order chi connectivity index (χ0) is 26.8. The van der Waals surface area contributed by atoms with Gasteiger partial charge in [-0.3, -0.25) is 14.4 Å². The Labute approximate surface area is 209 Å². The third kappa shape index (κ3) is 8.38. The number of nitrogens with one attached hydrogen (secondary N) is 4. The number of aromatic nitrogens is 2. The van der Waals surface area contributed by atoms with Gasteiger partial charge in [0.1, 0.15) is 23.9 Å². The maximum Gasteiger partial charge on any atom is 0.326 e. The minimum Gasteiger partial charge on any atom is -0.508 e. The van der Waals surface area contributed by atoms with Crippen LogP contribution in [0.3, 0.4) is 0 Å². The van der Waals surface area contributed by atoms with Crippen LogP contribution in [-0.2, 0) is 32.0 Å². The highest BCUT2D eigenvalue weighted by molar-refractivity contribution is 5.94. The first-order chi connectivity index (χ1) is 17.0. The maximum atomic E-state index is 13.0. The lowest BCUT2D eigenvalue weighted by molar-refractivity contribution is -0.142. The predicted octanol–water partition coefficient (Wildman–Crippen LogP) is -0.167. The smallest absolute Gasteiger partial charge is 0.326 e. The maximum absolute atomic E-state index is 13.0. The summed E-state index contributed by atoms with van der Waals surface area (Å²) in [5.41, 5.74) is 7.31. The van der Waals surface area contributed by atoms with Crippen LogP contribution < -0.4 is 21.7 Å². The molecule has 0 aliphatic carbocycles. The third-order valence-corrected chi connectivity index (χ3v) is 5.87. The van der Waals surface area contributed by atoms with Crippen LogP contribution in [-0.4, -0.2) is 68.0 Å². The van der Waals surface area contributed by atoms with Gasteiger partial charge in [0.15, 0.2) is 0 Å². The summed E-state index contributed by atoms with van der Waals surface area (Å²) in [6.45, 7) is 5.07. The van der Waals surface area contributed by atoms with Crippen molar-refractivity contribution in [2.24, 2.45) is 11.7 Å². The minimum atomic E-state index is -1.23. The molecule has 1 heterocycles. The Morgan fingerprint density at radius 2 is 1.67 bits per heavy atom. The van der Waals surface area contributed by atoms with Gasteiger partial charge >= 0.3 is 5.97 Å². The number of imidazole rings is 1. The molecule has 0 fully saturated rings. The molecule has 1 aromatic carbocycles. The molecule has 0 aliphatic rings. The zero-order valence-electron chi connectivity index (χ0n) is 20.5. The van der Waals surface area contributed by atoms with Crippen molar-refractivity contribution < 1.29 is 29.4 Å². The number of phenolic OH excluding ortho intramolecular Hbond substituents is 1. The number of benzene rings is 1. The number of H-pyrrole nitrogens is 1. The first kappa shape index (κ1) is 28.3. The molecular formula is C24H34N6O6. The minimum absolute atomic E-state index is 0.00773. The van der Waals surface area contributed by atoms with Crippen LogP contribution >= 0.6 is 0 Å². The summed E-state index contributed by atoms with van der Waals surface area (Å²) in [7, 11) is 0. The number of carbonyl (C=O) groups is 4. The van der Waals surface area contributed by atoms with Crippen molar-refractivity contribution in [2.45, 2.75) is 64.2 Å². The molecule has 0 saturated heterocycles. The van der Waals surface area contributed by atoms with Gasteiger partial charge in [-0.05, 0) is 37.0 Å². The number of hydrogen-bond donors (Lipinski definition) is 7. The van der Waals surface area contributed by atoms with Crippen LogP contribution in [0.15, 0.2) is 36.8 Å². The SMILES string of the molecule is CCC(C)C(NC(=O)C(N)Cc1ccc(O)cc1)C(=O)NC(C)C(=O)NC(Cc1cnc[nH]1)C(=O)O. The number of amides is 3. The molecule has 0 saturated carbocycles. The molecule has 12 nitrogen and oxygen atoms in total. The Balaban J connectivity index is 1.99. The number of carbonyl (C=O) groups excluding carboxylic acids is 3. The lowest BCUT2D eigenvalue weighted by Gasteiger charge is -2.27. The van der Waals surface area contributed by atoms with E-state index < -0.39 is 47.9 Å². The van der Waals surface area contributed by atoms with Crippen LogP contribution in [0.1, 0.15) is 38.4 Å². The second-order valence-corrected chi connectivity index (χ2v) is 8.76. The summed E-state index contributed by atoms with van der Waals surface area (Å²) in [5, 5.41) is 26.5. The quantitative estimate of drug-likeness (QED) is 0.196. The average Bonchev–Trinajstić information content (AvgIpc) is 3.35. The van der Waals surface area contributed by atoms with E-state index in [-0.39, 0.29) is 24.5 Å². The number of nitrogens with two attached hydrogens (primary N) is 1. The van der Waals surface area contributed by atoms with Crippen molar-refractivity contribution in [1.29, 1.82) is 0 Å². The largest absolute Gasteiger partial charge is 0.508 e. The monoisotopic (exact) mass is 502 g/mol. The summed E-state index contributed by atoms with van der Waals surface area (Å²) in [6.07, 6.45) is 3.62. The van der Waals surface area contributed by atoms with Crippen molar-refractivity contribution in [3.8, 4) is 5.75 Å². The van der Waals surface area contributed by atoms with Crippen molar-refractivity contribution in [2.75, 3.05) is 0 Å². The molecule has 36 heavy (non-hydrogen) atoms. The first-order valence-electron chi connectivity index (χ1n) is 11.7. The van der Waals surface area contributed by atoms with Crippen LogP contribution in [0.5, 0.6) is 5.75 Å². The van der Waals surface area contributed by atoms with Gasteiger partial charge in [-0.1, -0.05) is 32.4 Å². The van der Waals surface area contributed by atoms with Crippen LogP contribution in [0, 0.1) is 5.92 Å². The van der Waals surface area contributed by atoms with Gasteiger partial charge in [0, 0.05) is 18.3 Å². The fourth-order valence-corrected chi connectivity index (χ4v) is 3.42. The first-order valence-corrected chi connectivity index (χ1v) is 11.7. The summed E-state index contributed by atoms with van der Waals surface area (Å²) in [4.78, 5) is 56.5. The van der Waals surface area contributed by atoms with Crippen molar-refractivity contribution in [3.05, 3.63) is 48.0 Å². The fourth-order valence-electron chi connectivity index (χ4n) is 3.42. The standard InChI is InChI=1S/C24H34N6O6/c1-4-13(2)20(30-22(33)18(25)9-15-5-7-17(31)8-6-15)23(34)28-14(3)21(32)29-19(24(35)36)10-16-11-26-12-27-16/h5-8,11-14,18-20,31H,4,9-10,25H2,1-3H3,(H,26,27)(H,28,34)(H,29,32)(H,30,33)(H,35,36). The Kier molecular flexibility index (Phi) is 10.4. The molecule has 3 amide bonds. The van der Waals surface area contributed by atoms with E-state index in [0.717, 1.165) is 5.56 Å². The Hall–Kier alpha value is -3.93. The molecule has 0 spiro atoms. The highest BCUT2D eigenvalue weighted by Crippen LogP contribution is 2.12. The van der Waals surface area contributed by atoms with E-state index in [1.165, 1.54) is 31.6 Å². The molecule has 2 rings (SSSR count). The van der Waals surface area contributed by atoms with E-state index in [9.17, 15) is 29.4 Å². The van der Waals surface area contributed by atoms with Gasteiger partial charge in [0.25, 0.3) is 0 Å². The van der Waals surface area contributed by atoms with Crippen LogP contribution in [0.25, 0.3) is 0 Å². The van der Waals surface area contributed by atoms with E-state index in [1.807, 2.05) is 6.92 Å². The van der Waals surface area contributed by atoms with E-state index >= 15 is 0 Å². The highest BCUT2D eigenvalue weighted by atomic mass is 16.4. The van der Waals surface area contributed by atoms with Gasteiger partial charge in [0.05, 0.1) is 12.4 Å². The van der Waals surface area contributed by atoms with Crippen molar-refractivity contribution >= 4 is 23.7 Å². The average molecular weight is 503 g/mol. The Morgan fingerprint density at radius 1 is 1.00 bits per heavy atom. The second kappa shape index (κ2) is 13.2. The molecule has 196 valence electrons. The lowest BCUT2D eigenvalue weighted by atomic mass is 9.97. The van der Waals surface area contributed by atoms with Gasteiger partial charge in [0.2, 0.25) is 17.7 Å². The predicted molar refractivity (Wildman–Crippen MR) is 131 cm³/mol. The van der Waals surface area contributed by atoms with E-state index in [4.69, 9.17) is 5.73 Å².